The second-order valence-corrected chi connectivity index (χ2v) is 9.36. The molecule has 168 valence electrons. The molecule has 32 heavy (non-hydrogen) atoms. The van der Waals surface area contributed by atoms with Gasteiger partial charge in [0.2, 0.25) is 5.91 Å². The number of aryl methyl sites for hydroxylation is 3. The predicted molar refractivity (Wildman–Crippen MR) is 129 cm³/mol. The first-order chi connectivity index (χ1) is 15.4. The molecule has 4 rings (SSSR count). The van der Waals surface area contributed by atoms with Gasteiger partial charge in [-0.2, -0.15) is 0 Å². The Kier molecular flexibility index (Phi) is 6.46. The first-order valence-electron chi connectivity index (χ1n) is 10.9. The highest BCUT2D eigenvalue weighted by molar-refractivity contribution is 8.00. The van der Waals surface area contributed by atoms with E-state index >= 15 is 0 Å². The molecule has 1 aliphatic heterocycles. The summed E-state index contributed by atoms with van der Waals surface area (Å²) in [5.41, 5.74) is 6.23. The molecule has 7 heteroatoms. The number of hydrogen-bond donors (Lipinski definition) is 1. The van der Waals surface area contributed by atoms with E-state index in [-0.39, 0.29) is 11.2 Å². The Hall–Kier alpha value is -2.93. The van der Waals surface area contributed by atoms with Gasteiger partial charge >= 0.3 is 0 Å². The molecule has 3 aromatic rings. The van der Waals surface area contributed by atoms with E-state index < -0.39 is 0 Å². The van der Waals surface area contributed by atoms with Crippen LogP contribution in [-0.4, -0.2) is 33.9 Å². The Balaban J connectivity index is 1.52. The van der Waals surface area contributed by atoms with Crippen molar-refractivity contribution in [3.8, 4) is 22.8 Å². The van der Waals surface area contributed by atoms with Gasteiger partial charge in [-0.1, -0.05) is 29.5 Å². The van der Waals surface area contributed by atoms with Gasteiger partial charge in [0.25, 0.3) is 0 Å². The summed E-state index contributed by atoms with van der Waals surface area (Å²) in [5, 5.41) is 3.63. The number of rotatable bonds is 6. The van der Waals surface area contributed by atoms with Crippen molar-refractivity contribution in [3.05, 3.63) is 53.2 Å². The van der Waals surface area contributed by atoms with Crippen LogP contribution >= 0.6 is 11.8 Å². The molecule has 0 fully saturated rings. The summed E-state index contributed by atoms with van der Waals surface area (Å²) in [7, 11) is 0. The molecule has 0 radical (unpaired) electrons. The van der Waals surface area contributed by atoms with Gasteiger partial charge in [-0.05, 0) is 63.9 Å². The fraction of sp³-hybridized carbons (Fsp3) is 0.360. The molecule has 0 saturated carbocycles. The van der Waals surface area contributed by atoms with Crippen LogP contribution in [0.3, 0.4) is 0 Å². The van der Waals surface area contributed by atoms with Crippen LogP contribution in [0.4, 0.5) is 5.69 Å². The smallest absolute Gasteiger partial charge is 0.237 e. The van der Waals surface area contributed by atoms with E-state index in [1.54, 1.807) is 0 Å². The number of carbonyl (C=O) groups is 1. The Morgan fingerprint density at radius 3 is 2.50 bits per heavy atom. The summed E-state index contributed by atoms with van der Waals surface area (Å²) in [4.78, 5) is 17.6. The summed E-state index contributed by atoms with van der Waals surface area (Å²) in [6.07, 6.45) is 1.86. The standard InChI is InChI=1S/C25H29N3O3S/c1-6-28-20(19-7-8-21-22(13-19)31-10-9-30-21)14-26-25(28)32-18(5)24(29)27-23-16(3)11-15(2)12-17(23)4/h7-8,11-14,18H,6,9-10H2,1-5H3,(H,27,29). The Bertz CT molecular complexity index is 1130. The van der Waals surface area contributed by atoms with Gasteiger partial charge in [0.1, 0.15) is 13.2 Å². The van der Waals surface area contributed by atoms with Crippen LogP contribution in [0.15, 0.2) is 41.7 Å². The number of nitrogens with one attached hydrogen (secondary N) is 1. The SMILES string of the molecule is CCn1c(-c2ccc3c(c2)OCCO3)cnc1SC(C)C(=O)Nc1c(C)cc(C)cc1C. The Morgan fingerprint density at radius 2 is 1.81 bits per heavy atom. The number of anilines is 1. The maximum absolute atomic E-state index is 12.9. The number of hydrogen-bond acceptors (Lipinski definition) is 5. The van der Waals surface area contributed by atoms with Crippen LogP contribution in [0.5, 0.6) is 11.5 Å². The highest BCUT2D eigenvalue weighted by atomic mass is 32.2. The van der Waals surface area contributed by atoms with Gasteiger partial charge in [0.15, 0.2) is 16.7 Å². The molecule has 1 aromatic heterocycles. The third kappa shape index (κ3) is 4.48. The summed E-state index contributed by atoms with van der Waals surface area (Å²) in [6.45, 7) is 12.0. The van der Waals surface area contributed by atoms with Crippen molar-refractivity contribution in [2.45, 2.75) is 51.6 Å². The quantitative estimate of drug-likeness (QED) is 0.509. The molecular formula is C25H29N3O3S. The first kappa shape index (κ1) is 22.3. The number of thioether (sulfide) groups is 1. The van der Waals surface area contributed by atoms with E-state index in [2.05, 4.69) is 40.8 Å². The van der Waals surface area contributed by atoms with E-state index in [1.807, 2.05) is 45.2 Å². The average Bonchev–Trinajstić information content (AvgIpc) is 3.18. The Morgan fingerprint density at radius 1 is 1.12 bits per heavy atom. The van der Waals surface area contributed by atoms with Gasteiger partial charge in [-0.15, -0.1) is 0 Å². The minimum absolute atomic E-state index is 0.0309. The largest absolute Gasteiger partial charge is 0.486 e. The second kappa shape index (κ2) is 9.28. The topological polar surface area (TPSA) is 65.4 Å². The van der Waals surface area contributed by atoms with Gasteiger partial charge in [-0.3, -0.25) is 4.79 Å². The van der Waals surface area contributed by atoms with Crippen molar-refractivity contribution in [3.63, 3.8) is 0 Å². The molecule has 1 aliphatic rings. The minimum Gasteiger partial charge on any atom is -0.486 e. The van der Waals surface area contributed by atoms with Crippen LogP contribution in [0.1, 0.15) is 30.5 Å². The van der Waals surface area contributed by atoms with E-state index in [0.29, 0.717) is 13.2 Å². The number of benzene rings is 2. The zero-order valence-electron chi connectivity index (χ0n) is 19.2. The van der Waals surface area contributed by atoms with E-state index in [9.17, 15) is 4.79 Å². The molecule has 1 unspecified atom stereocenters. The number of carbonyl (C=O) groups excluding carboxylic acids is 1. The molecular weight excluding hydrogens is 422 g/mol. The van der Waals surface area contributed by atoms with Crippen molar-refractivity contribution in [2.24, 2.45) is 0 Å². The molecule has 2 aromatic carbocycles. The Labute approximate surface area is 193 Å². The molecule has 2 heterocycles. The molecule has 1 N–H and O–H groups in total. The molecule has 0 aliphatic carbocycles. The summed E-state index contributed by atoms with van der Waals surface area (Å²) in [5.74, 6) is 1.49. The van der Waals surface area contributed by atoms with Crippen LogP contribution < -0.4 is 14.8 Å². The molecule has 1 amide bonds. The fourth-order valence-corrected chi connectivity index (χ4v) is 4.96. The number of fused-ring (bicyclic) bond motifs is 1. The molecule has 0 bridgehead atoms. The maximum atomic E-state index is 12.9. The molecule has 6 nitrogen and oxygen atoms in total. The monoisotopic (exact) mass is 451 g/mol. The van der Waals surface area contributed by atoms with Gasteiger partial charge in [-0.25, -0.2) is 4.98 Å². The average molecular weight is 452 g/mol. The van der Waals surface area contributed by atoms with Crippen molar-refractivity contribution in [1.82, 2.24) is 9.55 Å². The maximum Gasteiger partial charge on any atom is 0.237 e. The lowest BCUT2D eigenvalue weighted by Crippen LogP contribution is -2.24. The van der Waals surface area contributed by atoms with Crippen LogP contribution in [0.2, 0.25) is 0 Å². The number of aromatic nitrogens is 2. The van der Waals surface area contributed by atoms with Crippen LogP contribution in [0.25, 0.3) is 11.3 Å². The number of amides is 1. The zero-order chi connectivity index (χ0) is 22.8. The van der Waals surface area contributed by atoms with Crippen molar-refractivity contribution < 1.29 is 14.3 Å². The lowest BCUT2D eigenvalue weighted by Gasteiger charge is -2.19. The lowest BCUT2D eigenvalue weighted by molar-refractivity contribution is -0.115. The predicted octanol–water partition coefficient (Wildman–Crippen LogP) is 5.39. The minimum atomic E-state index is -0.295. The summed E-state index contributed by atoms with van der Waals surface area (Å²) < 4.78 is 13.5. The van der Waals surface area contributed by atoms with E-state index in [1.165, 1.54) is 17.3 Å². The normalized spacial score (nSPS) is 13.7. The van der Waals surface area contributed by atoms with Gasteiger partial charge in [0.05, 0.1) is 17.1 Å². The van der Waals surface area contributed by atoms with Crippen molar-refractivity contribution >= 4 is 23.4 Å². The summed E-state index contributed by atoms with van der Waals surface area (Å²) >= 11 is 1.47. The van der Waals surface area contributed by atoms with E-state index in [0.717, 1.165) is 51.3 Å². The highest BCUT2D eigenvalue weighted by Crippen LogP contribution is 2.36. The van der Waals surface area contributed by atoms with E-state index in [4.69, 9.17) is 9.47 Å². The fourth-order valence-electron chi connectivity index (χ4n) is 4.01. The highest BCUT2D eigenvalue weighted by Gasteiger charge is 2.21. The summed E-state index contributed by atoms with van der Waals surface area (Å²) in [6, 6.07) is 10.1. The lowest BCUT2D eigenvalue weighted by atomic mass is 10.1. The molecule has 1 atom stereocenters. The van der Waals surface area contributed by atoms with Crippen molar-refractivity contribution in [1.29, 1.82) is 0 Å². The number of nitrogens with zero attached hydrogens (tertiary/aromatic N) is 2. The number of ether oxygens (including phenoxy) is 2. The van der Waals surface area contributed by atoms with Crippen LogP contribution in [-0.2, 0) is 11.3 Å². The third-order valence-electron chi connectivity index (χ3n) is 5.55. The first-order valence-corrected chi connectivity index (χ1v) is 11.8. The zero-order valence-corrected chi connectivity index (χ0v) is 20.0. The van der Waals surface area contributed by atoms with Gasteiger partial charge < -0.3 is 19.4 Å². The molecule has 0 spiro atoms. The van der Waals surface area contributed by atoms with Gasteiger partial charge in [0, 0.05) is 17.8 Å². The van der Waals surface area contributed by atoms with Crippen LogP contribution in [0, 0.1) is 20.8 Å². The number of imidazole rings is 1. The third-order valence-corrected chi connectivity index (χ3v) is 6.65. The van der Waals surface area contributed by atoms with Crippen molar-refractivity contribution in [2.75, 3.05) is 18.5 Å². The second-order valence-electron chi connectivity index (χ2n) is 8.05. The molecule has 0 saturated heterocycles.